The van der Waals surface area contributed by atoms with Crippen molar-refractivity contribution in [1.29, 1.82) is 0 Å². The lowest BCUT2D eigenvalue weighted by atomic mass is 10.0. The number of aryl methyl sites for hydroxylation is 1. The Balaban J connectivity index is 1.57. The molecule has 3 heterocycles. The zero-order valence-corrected chi connectivity index (χ0v) is 14.3. The van der Waals surface area contributed by atoms with Crippen LogP contribution in [0, 0.1) is 6.92 Å². The summed E-state index contributed by atoms with van der Waals surface area (Å²) in [6, 6.07) is 4.85. The Morgan fingerprint density at radius 2 is 2.09 bits per heavy atom. The van der Waals surface area contributed by atoms with Gasteiger partial charge in [-0.05, 0) is 44.9 Å². The van der Waals surface area contributed by atoms with Gasteiger partial charge in [0.15, 0.2) is 0 Å². The van der Waals surface area contributed by atoms with Crippen LogP contribution in [0.3, 0.4) is 0 Å². The number of fused-ring (bicyclic) bond motifs is 1. The van der Waals surface area contributed by atoms with Crippen molar-refractivity contribution in [3.05, 3.63) is 35.8 Å². The number of piperidine rings is 1. The highest BCUT2D eigenvalue weighted by molar-refractivity contribution is 5.41. The largest absolute Gasteiger partial charge is 0.396 e. The second kappa shape index (κ2) is 7.43. The van der Waals surface area contributed by atoms with Crippen molar-refractivity contribution in [3.63, 3.8) is 0 Å². The third-order valence-corrected chi connectivity index (χ3v) is 4.97. The van der Waals surface area contributed by atoms with Crippen molar-refractivity contribution in [3.8, 4) is 0 Å². The van der Waals surface area contributed by atoms with Gasteiger partial charge < -0.3 is 14.4 Å². The third kappa shape index (κ3) is 3.91. The fraction of sp³-hybridized carbons (Fsp3) is 0.611. The highest BCUT2D eigenvalue weighted by atomic mass is 16.3. The van der Waals surface area contributed by atoms with Crippen molar-refractivity contribution in [1.82, 2.24) is 19.2 Å². The Labute approximate surface area is 138 Å². The summed E-state index contributed by atoms with van der Waals surface area (Å²) in [5, 5.41) is 8.96. The van der Waals surface area contributed by atoms with E-state index in [-0.39, 0.29) is 6.61 Å². The average molecular weight is 316 g/mol. The molecule has 1 fully saturated rings. The minimum Gasteiger partial charge on any atom is -0.396 e. The van der Waals surface area contributed by atoms with Gasteiger partial charge in [-0.2, -0.15) is 0 Å². The van der Waals surface area contributed by atoms with Gasteiger partial charge in [0.05, 0.1) is 11.9 Å². The summed E-state index contributed by atoms with van der Waals surface area (Å²) in [6.07, 6.45) is 7.47. The molecule has 0 radical (unpaired) electrons. The Morgan fingerprint density at radius 1 is 1.30 bits per heavy atom. The third-order valence-electron chi connectivity index (χ3n) is 4.97. The van der Waals surface area contributed by atoms with E-state index in [0.717, 1.165) is 38.2 Å². The van der Waals surface area contributed by atoms with Crippen molar-refractivity contribution < 1.29 is 5.11 Å². The molecule has 5 nitrogen and oxygen atoms in total. The summed E-state index contributed by atoms with van der Waals surface area (Å²) < 4.78 is 2.22. The lowest BCUT2D eigenvalue weighted by molar-refractivity contribution is 0.116. The van der Waals surface area contributed by atoms with E-state index in [0.29, 0.717) is 6.04 Å². The van der Waals surface area contributed by atoms with Gasteiger partial charge in [0.25, 0.3) is 0 Å². The fourth-order valence-corrected chi connectivity index (χ4v) is 3.50. The molecule has 0 unspecified atom stereocenters. The van der Waals surface area contributed by atoms with Gasteiger partial charge in [0, 0.05) is 45.0 Å². The van der Waals surface area contributed by atoms with Crippen LogP contribution in [0.15, 0.2) is 24.5 Å². The Bertz CT molecular complexity index is 631. The molecule has 2 aromatic heterocycles. The maximum absolute atomic E-state index is 8.96. The topological polar surface area (TPSA) is 44.0 Å². The van der Waals surface area contributed by atoms with Crippen LogP contribution in [0.5, 0.6) is 0 Å². The van der Waals surface area contributed by atoms with Crippen LogP contribution in [0.4, 0.5) is 0 Å². The monoisotopic (exact) mass is 316 g/mol. The lowest BCUT2D eigenvalue weighted by Crippen LogP contribution is -2.43. The second-order valence-corrected chi connectivity index (χ2v) is 6.75. The first-order valence-corrected chi connectivity index (χ1v) is 8.63. The van der Waals surface area contributed by atoms with E-state index in [9.17, 15) is 0 Å². The molecule has 3 rings (SSSR count). The first-order valence-electron chi connectivity index (χ1n) is 8.63. The highest BCUT2D eigenvalue weighted by Gasteiger charge is 2.22. The maximum Gasteiger partial charge on any atom is 0.136 e. The molecule has 0 spiro atoms. The molecule has 0 aromatic carbocycles. The molecule has 0 atom stereocenters. The SMILES string of the molecule is Cc1ccc2ncc(CN3CCC(N(C)CCCO)CC3)n2c1. The Morgan fingerprint density at radius 3 is 2.83 bits per heavy atom. The van der Waals surface area contributed by atoms with E-state index in [1.165, 1.54) is 24.1 Å². The second-order valence-electron chi connectivity index (χ2n) is 6.75. The van der Waals surface area contributed by atoms with Gasteiger partial charge in [0.1, 0.15) is 5.65 Å². The molecule has 0 amide bonds. The van der Waals surface area contributed by atoms with E-state index in [2.05, 4.69) is 51.5 Å². The first-order chi connectivity index (χ1) is 11.2. The van der Waals surface area contributed by atoms with Gasteiger partial charge in [0.2, 0.25) is 0 Å². The number of rotatable bonds is 6. The molecular formula is C18H28N4O. The summed E-state index contributed by atoms with van der Waals surface area (Å²) in [5.74, 6) is 0. The van der Waals surface area contributed by atoms with Crippen molar-refractivity contribution >= 4 is 5.65 Å². The van der Waals surface area contributed by atoms with Gasteiger partial charge in [-0.3, -0.25) is 4.90 Å². The van der Waals surface area contributed by atoms with Crippen LogP contribution < -0.4 is 0 Å². The lowest BCUT2D eigenvalue weighted by Gasteiger charge is -2.36. The number of aliphatic hydroxyl groups excluding tert-OH is 1. The molecule has 5 heteroatoms. The average Bonchev–Trinajstić information content (AvgIpc) is 2.95. The maximum atomic E-state index is 8.96. The van der Waals surface area contributed by atoms with E-state index in [1.54, 1.807) is 0 Å². The predicted octanol–water partition coefficient (Wildman–Crippen LogP) is 1.92. The molecule has 1 saturated heterocycles. The molecule has 126 valence electrons. The zero-order chi connectivity index (χ0) is 16.2. The number of nitrogens with zero attached hydrogens (tertiary/aromatic N) is 4. The van der Waals surface area contributed by atoms with Gasteiger partial charge >= 0.3 is 0 Å². The van der Waals surface area contributed by atoms with Crippen molar-refractivity contribution in [2.24, 2.45) is 0 Å². The molecule has 1 N–H and O–H groups in total. The van der Waals surface area contributed by atoms with Gasteiger partial charge in [-0.1, -0.05) is 6.07 Å². The van der Waals surface area contributed by atoms with Crippen molar-refractivity contribution in [2.75, 3.05) is 33.3 Å². The van der Waals surface area contributed by atoms with Crippen molar-refractivity contribution in [2.45, 2.75) is 38.8 Å². The van der Waals surface area contributed by atoms with Crippen LogP contribution in [-0.4, -0.2) is 63.6 Å². The number of pyridine rings is 1. The van der Waals surface area contributed by atoms with Crippen LogP contribution in [0.1, 0.15) is 30.5 Å². The van der Waals surface area contributed by atoms with E-state index in [4.69, 9.17) is 5.11 Å². The summed E-state index contributed by atoms with van der Waals surface area (Å²) in [7, 11) is 2.18. The molecule has 0 saturated carbocycles. The quantitative estimate of drug-likeness (QED) is 0.884. The van der Waals surface area contributed by atoms with E-state index < -0.39 is 0 Å². The summed E-state index contributed by atoms with van der Waals surface area (Å²) >= 11 is 0. The predicted molar refractivity (Wildman–Crippen MR) is 92.6 cm³/mol. The highest BCUT2D eigenvalue weighted by Crippen LogP contribution is 2.18. The van der Waals surface area contributed by atoms with E-state index >= 15 is 0 Å². The number of aliphatic hydroxyl groups is 1. The molecule has 0 bridgehead atoms. The van der Waals surface area contributed by atoms with Crippen LogP contribution >= 0.6 is 0 Å². The molecule has 23 heavy (non-hydrogen) atoms. The Kier molecular flexibility index (Phi) is 5.30. The normalized spacial score (nSPS) is 17.4. The summed E-state index contributed by atoms with van der Waals surface area (Å²) in [4.78, 5) is 9.44. The molecule has 1 aliphatic rings. The summed E-state index contributed by atoms with van der Waals surface area (Å²) in [5.41, 5.74) is 3.57. The van der Waals surface area contributed by atoms with Gasteiger partial charge in [-0.15, -0.1) is 0 Å². The summed E-state index contributed by atoms with van der Waals surface area (Å²) in [6.45, 7) is 6.64. The molecular weight excluding hydrogens is 288 g/mol. The minimum atomic E-state index is 0.289. The van der Waals surface area contributed by atoms with Crippen LogP contribution in [0.25, 0.3) is 5.65 Å². The van der Waals surface area contributed by atoms with Crippen LogP contribution in [-0.2, 0) is 6.54 Å². The Hall–Kier alpha value is -1.43. The standard InChI is InChI=1S/C18H28N4O/c1-15-4-5-18-19-12-17(22(18)13-15)14-21-9-6-16(7-10-21)20(2)8-3-11-23/h4-5,12-13,16,23H,3,6-11,14H2,1-2H3. The number of hydrogen-bond donors (Lipinski definition) is 1. The fourth-order valence-electron chi connectivity index (χ4n) is 3.50. The van der Waals surface area contributed by atoms with E-state index in [1.807, 2.05) is 6.20 Å². The molecule has 0 aliphatic carbocycles. The molecule has 2 aromatic rings. The first kappa shape index (κ1) is 16.4. The number of likely N-dealkylation sites (tertiary alicyclic amines) is 1. The van der Waals surface area contributed by atoms with Crippen LogP contribution in [0.2, 0.25) is 0 Å². The number of imidazole rings is 1. The molecule has 1 aliphatic heterocycles. The number of hydrogen-bond acceptors (Lipinski definition) is 4. The number of aromatic nitrogens is 2. The minimum absolute atomic E-state index is 0.289. The zero-order valence-electron chi connectivity index (χ0n) is 14.3. The van der Waals surface area contributed by atoms with Gasteiger partial charge in [-0.25, -0.2) is 4.98 Å². The smallest absolute Gasteiger partial charge is 0.136 e.